The smallest absolute Gasteiger partial charge is 0.258 e. The molecule has 0 aliphatic carbocycles. The number of carbonyl (C=O) groups is 3. The minimum atomic E-state index is -1.22. The molecule has 2 aliphatic heterocycles. The number of hydrogen-bond acceptors (Lipinski definition) is 4. The molecule has 6 heteroatoms. The second kappa shape index (κ2) is 6.01. The third-order valence-corrected chi connectivity index (χ3v) is 4.20. The van der Waals surface area contributed by atoms with Gasteiger partial charge in [-0.1, -0.05) is 24.0 Å². The maximum atomic E-state index is 12.9. The van der Waals surface area contributed by atoms with E-state index in [9.17, 15) is 19.5 Å². The molecule has 3 rings (SSSR count). The van der Waals surface area contributed by atoms with E-state index in [0.29, 0.717) is 16.7 Å². The molecule has 0 bridgehead atoms. The van der Waals surface area contributed by atoms with Gasteiger partial charge in [-0.3, -0.25) is 24.6 Å². The monoisotopic (exact) mass is 340 g/mol. The van der Waals surface area contributed by atoms with Gasteiger partial charge in [0.25, 0.3) is 5.91 Å². The molecule has 0 saturated carbocycles. The van der Waals surface area contributed by atoms with E-state index in [1.165, 1.54) is 0 Å². The van der Waals surface area contributed by atoms with E-state index in [1.54, 1.807) is 18.2 Å². The molecule has 2 aliphatic rings. The van der Waals surface area contributed by atoms with Crippen LogP contribution in [0, 0.1) is 17.3 Å². The average molecular weight is 340 g/mol. The van der Waals surface area contributed by atoms with Crippen molar-refractivity contribution < 1.29 is 19.5 Å². The molecule has 0 spiro atoms. The van der Waals surface area contributed by atoms with Crippen LogP contribution >= 0.6 is 0 Å². The Labute approximate surface area is 146 Å². The maximum absolute atomic E-state index is 12.9. The zero-order chi connectivity index (χ0) is 18.4. The summed E-state index contributed by atoms with van der Waals surface area (Å²) in [4.78, 5) is 37.5. The van der Waals surface area contributed by atoms with Gasteiger partial charge in [-0.05, 0) is 33.3 Å². The summed E-state index contributed by atoms with van der Waals surface area (Å²) < 4.78 is 0. The maximum Gasteiger partial charge on any atom is 0.258 e. The van der Waals surface area contributed by atoms with E-state index in [-0.39, 0.29) is 24.2 Å². The number of rotatable bonds is 1. The molecule has 130 valence electrons. The van der Waals surface area contributed by atoms with Crippen molar-refractivity contribution in [2.45, 2.75) is 45.9 Å². The number of fused-ring (bicyclic) bond motifs is 1. The van der Waals surface area contributed by atoms with Crippen LogP contribution in [-0.4, -0.2) is 33.8 Å². The van der Waals surface area contributed by atoms with Crippen LogP contribution in [0.1, 0.15) is 61.3 Å². The van der Waals surface area contributed by atoms with Crippen molar-refractivity contribution in [1.82, 2.24) is 10.2 Å². The topological polar surface area (TPSA) is 86.7 Å². The average Bonchev–Trinajstić information content (AvgIpc) is 2.77. The molecule has 1 fully saturated rings. The summed E-state index contributed by atoms with van der Waals surface area (Å²) in [5.74, 6) is 4.74. The van der Waals surface area contributed by atoms with Crippen molar-refractivity contribution in [3.05, 3.63) is 34.9 Å². The highest BCUT2D eigenvalue weighted by atomic mass is 16.3. The van der Waals surface area contributed by atoms with E-state index in [2.05, 4.69) is 17.2 Å². The molecule has 2 unspecified atom stereocenters. The number of nitrogens with one attached hydrogen (secondary N) is 1. The number of benzene rings is 1. The molecular formula is C19H20N2O4. The Morgan fingerprint density at radius 3 is 2.60 bits per heavy atom. The Balaban J connectivity index is 1.99. The number of piperidine rings is 1. The lowest BCUT2D eigenvalue weighted by Crippen LogP contribution is -2.53. The Morgan fingerprint density at radius 2 is 1.96 bits per heavy atom. The summed E-state index contributed by atoms with van der Waals surface area (Å²) in [6.07, 6.45) is -0.882. The van der Waals surface area contributed by atoms with Gasteiger partial charge < -0.3 is 5.11 Å². The normalized spacial score (nSPS) is 23.0. The number of nitrogens with zero attached hydrogens (tertiary/aromatic N) is 1. The van der Waals surface area contributed by atoms with Crippen LogP contribution in [0.4, 0.5) is 0 Å². The fraction of sp³-hybridized carbons (Fsp3) is 0.421. The molecule has 3 amide bonds. The highest BCUT2D eigenvalue weighted by molar-refractivity contribution is 6.06. The number of carbonyl (C=O) groups excluding carboxylic acids is 3. The number of imide groups is 1. The third kappa shape index (κ3) is 3.15. The lowest BCUT2D eigenvalue weighted by molar-refractivity contribution is -0.139. The molecule has 1 aromatic rings. The van der Waals surface area contributed by atoms with Crippen molar-refractivity contribution in [3.63, 3.8) is 0 Å². The summed E-state index contributed by atoms with van der Waals surface area (Å²) in [7, 11) is 0. The standard InChI is InChI=1S/C19H20N2O4/c1-19(2,3)10-9-11-5-4-6-12-15(11)18(25)21(17(12)24)13-7-8-14(22)20-16(13)23/h4-6,13,17,24H,7-8H2,1-3H3,(H,20,22,23). The van der Waals surface area contributed by atoms with Gasteiger partial charge in [0.05, 0.1) is 5.56 Å². The molecule has 0 radical (unpaired) electrons. The molecule has 2 heterocycles. The minimum absolute atomic E-state index is 0.139. The number of aliphatic hydroxyl groups excluding tert-OH is 1. The first-order valence-corrected chi connectivity index (χ1v) is 8.19. The van der Waals surface area contributed by atoms with Crippen LogP contribution in [0.3, 0.4) is 0 Å². The lowest BCUT2D eigenvalue weighted by atomic mass is 9.96. The zero-order valence-electron chi connectivity index (χ0n) is 14.4. The van der Waals surface area contributed by atoms with Crippen LogP contribution in [0.2, 0.25) is 0 Å². The third-order valence-electron chi connectivity index (χ3n) is 4.20. The molecule has 1 aromatic carbocycles. The van der Waals surface area contributed by atoms with Crippen LogP contribution in [0.15, 0.2) is 18.2 Å². The summed E-state index contributed by atoms with van der Waals surface area (Å²) in [5, 5.41) is 12.8. The number of aliphatic hydroxyl groups is 1. The number of hydrogen-bond donors (Lipinski definition) is 2. The summed E-state index contributed by atoms with van der Waals surface area (Å²) in [6, 6.07) is 4.26. The zero-order valence-corrected chi connectivity index (χ0v) is 14.4. The summed E-state index contributed by atoms with van der Waals surface area (Å²) >= 11 is 0. The van der Waals surface area contributed by atoms with Gasteiger partial charge in [0, 0.05) is 23.0 Å². The molecule has 25 heavy (non-hydrogen) atoms. The van der Waals surface area contributed by atoms with Gasteiger partial charge in [0.2, 0.25) is 11.8 Å². The van der Waals surface area contributed by atoms with Gasteiger partial charge in [-0.25, -0.2) is 0 Å². The van der Waals surface area contributed by atoms with E-state index in [0.717, 1.165) is 4.90 Å². The fourth-order valence-corrected chi connectivity index (χ4v) is 3.03. The second-order valence-corrected chi connectivity index (χ2v) is 7.32. The van der Waals surface area contributed by atoms with Gasteiger partial charge >= 0.3 is 0 Å². The first-order valence-electron chi connectivity index (χ1n) is 8.19. The summed E-state index contributed by atoms with van der Waals surface area (Å²) in [6.45, 7) is 5.90. The fourth-order valence-electron chi connectivity index (χ4n) is 3.03. The van der Waals surface area contributed by atoms with E-state index in [1.807, 2.05) is 20.8 Å². The van der Waals surface area contributed by atoms with Crippen molar-refractivity contribution in [2.24, 2.45) is 5.41 Å². The molecule has 0 aromatic heterocycles. The lowest BCUT2D eigenvalue weighted by Gasteiger charge is -2.31. The van der Waals surface area contributed by atoms with Crippen molar-refractivity contribution in [3.8, 4) is 11.8 Å². The van der Waals surface area contributed by atoms with Crippen LogP contribution in [-0.2, 0) is 9.59 Å². The molecular weight excluding hydrogens is 320 g/mol. The van der Waals surface area contributed by atoms with E-state index >= 15 is 0 Å². The van der Waals surface area contributed by atoms with Gasteiger partial charge in [0.15, 0.2) is 6.23 Å². The Morgan fingerprint density at radius 1 is 1.24 bits per heavy atom. The Bertz CT molecular complexity index is 826. The Hall–Kier alpha value is -2.65. The number of amides is 3. The van der Waals surface area contributed by atoms with E-state index < -0.39 is 24.1 Å². The van der Waals surface area contributed by atoms with Gasteiger partial charge in [0.1, 0.15) is 6.04 Å². The van der Waals surface area contributed by atoms with E-state index in [4.69, 9.17) is 0 Å². The first-order chi connectivity index (χ1) is 11.7. The Kier molecular flexibility index (Phi) is 4.13. The predicted molar refractivity (Wildman–Crippen MR) is 90.1 cm³/mol. The molecule has 6 nitrogen and oxygen atoms in total. The molecule has 2 N–H and O–H groups in total. The predicted octanol–water partition coefficient (Wildman–Crippen LogP) is 1.34. The SMILES string of the molecule is CC(C)(C)C#Cc1cccc2c1C(=O)N(C1CCC(=O)NC1=O)C2O. The summed E-state index contributed by atoms with van der Waals surface area (Å²) in [5.41, 5.74) is 1.07. The van der Waals surface area contributed by atoms with Gasteiger partial charge in [-0.15, -0.1) is 0 Å². The van der Waals surface area contributed by atoms with Gasteiger partial charge in [-0.2, -0.15) is 0 Å². The van der Waals surface area contributed by atoms with Crippen molar-refractivity contribution in [2.75, 3.05) is 0 Å². The quantitative estimate of drug-likeness (QED) is 0.597. The van der Waals surface area contributed by atoms with Crippen LogP contribution in [0.25, 0.3) is 0 Å². The van der Waals surface area contributed by atoms with Crippen LogP contribution < -0.4 is 5.32 Å². The van der Waals surface area contributed by atoms with Crippen LogP contribution in [0.5, 0.6) is 0 Å². The van der Waals surface area contributed by atoms with Crippen molar-refractivity contribution in [1.29, 1.82) is 0 Å². The van der Waals surface area contributed by atoms with Crippen molar-refractivity contribution >= 4 is 17.7 Å². The minimum Gasteiger partial charge on any atom is -0.369 e. The molecule has 2 atom stereocenters. The first kappa shape index (κ1) is 17.2. The highest BCUT2D eigenvalue weighted by Gasteiger charge is 2.45. The largest absolute Gasteiger partial charge is 0.369 e. The highest BCUT2D eigenvalue weighted by Crippen LogP contribution is 2.36. The molecule has 1 saturated heterocycles. The second-order valence-electron chi connectivity index (χ2n) is 7.32.